The minimum Gasteiger partial charge on any atom is -0.226 e. The lowest BCUT2D eigenvalue weighted by atomic mass is 10.2. The van der Waals surface area contributed by atoms with Crippen molar-refractivity contribution in [3.63, 3.8) is 0 Å². The molecule has 1 aromatic carbocycles. The van der Waals surface area contributed by atoms with E-state index in [0.717, 1.165) is 18.7 Å². The average molecular weight is 160 g/mol. The van der Waals surface area contributed by atoms with Gasteiger partial charge in [0.2, 0.25) is 5.69 Å². The van der Waals surface area contributed by atoms with E-state index in [0.29, 0.717) is 0 Å². The third-order valence-electron chi connectivity index (χ3n) is 1.99. The quantitative estimate of drug-likeness (QED) is 0.646. The Balaban J connectivity index is 2.30. The van der Waals surface area contributed by atoms with Crippen LogP contribution < -0.4 is 9.89 Å². The number of aliphatic imine (C=N–C) groups is 1. The highest BCUT2D eigenvalue weighted by Gasteiger charge is 2.23. The second-order valence-electron chi connectivity index (χ2n) is 2.93. The first-order valence-electron chi connectivity index (χ1n) is 4.31. The van der Waals surface area contributed by atoms with Crippen molar-refractivity contribution in [2.75, 3.05) is 11.4 Å². The Morgan fingerprint density at radius 3 is 3.00 bits per heavy atom. The summed E-state index contributed by atoms with van der Waals surface area (Å²) >= 11 is 0. The summed E-state index contributed by atoms with van der Waals surface area (Å²) in [7, 11) is 0. The molecule has 0 amide bonds. The van der Waals surface area contributed by atoms with Crippen molar-refractivity contribution in [3.05, 3.63) is 24.3 Å². The van der Waals surface area contributed by atoms with Gasteiger partial charge >= 0.3 is 0 Å². The second kappa shape index (κ2) is 2.97. The van der Waals surface area contributed by atoms with Gasteiger partial charge in [0.05, 0.1) is 6.54 Å². The normalized spacial score (nSPS) is 13.6. The fourth-order valence-corrected chi connectivity index (χ4v) is 1.43. The number of para-hydroxylation sites is 2. The number of anilines is 1. The highest BCUT2D eigenvalue weighted by molar-refractivity contribution is 5.91. The summed E-state index contributed by atoms with van der Waals surface area (Å²) in [6.07, 6.45) is 3.06. The topological polar surface area (TPSA) is 17.3 Å². The first kappa shape index (κ1) is 7.35. The van der Waals surface area contributed by atoms with Gasteiger partial charge in [-0.1, -0.05) is 19.1 Å². The van der Waals surface area contributed by atoms with Crippen molar-refractivity contribution in [2.24, 2.45) is 0 Å². The monoisotopic (exact) mass is 160 g/mol. The van der Waals surface area contributed by atoms with Gasteiger partial charge in [-0.3, -0.25) is 0 Å². The summed E-state index contributed by atoms with van der Waals surface area (Å²) in [6.45, 7) is 3.23. The Kier molecular flexibility index (Phi) is 1.82. The third kappa shape index (κ3) is 1.09. The lowest BCUT2D eigenvalue weighted by molar-refractivity contribution is 0.918. The summed E-state index contributed by atoms with van der Waals surface area (Å²) in [5.74, 6) is 0. The molecule has 0 aliphatic carbocycles. The zero-order chi connectivity index (χ0) is 8.39. The van der Waals surface area contributed by atoms with Crippen LogP contribution in [0.5, 0.6) is 0 Å². The van der Waals surface area contributed by atoms with Gasteiger partial charge in [0.1, 0.15) is 0 Å². The van der Waals surface area contributed by atoms with Crippen LogP contribution in [0.3, 0.4) is 0 Å². The minimum absolute atomic E-state index is 1.06. The first-order valence-corrected chi connectivity index (χ1v) is 4.31. The van der Waals surface area contributed by atoms with Crippen LogP contribution in [-0.2, 0) is 0 Å². The smallest absolute Gasteiger partial charge is 0.226 e. The number of hydrogen-bond acceptors (Lipinski definition) is 2. The number of rotatable bonds is 2. The Morgan fingerprint density at radius 2 is 2.17 bits per heavy atom. The molecule has 2 nitrogen and oxygen atoms in total. The molecule has 2 rings (SSSR count). The molecule has 0 saturated heterocycles. The Morgan fingerprint density at radius 1 is 1.33 bits per heavy atom. The Bertz CT molecular complexity index is 304. The van der Waals surface area contributed by atoms with E-state index in [1.165, 1.54) is 5.69 Å². The van der Waals surface area contributed by atoms with Gasteiger partial charge in [-0.05, 0) is 23.5 Å². The van der Waals surface area contributed by atoms with Crippen molar-refractivity contribution >= 4 is 17.7 Å². The van der Waals surface area contributed by atoms with Crippen LogP contribution >= 0.6 is 0 Å². The van der Waals surface area contributed by atoms with Crippen LogP contribution in [-0.4, -0.2) is 12.9 Å². The lowest BCUT2D eigenvalue weighted by Crippen LogP contribution is -2.19. The lowest BCUT2D eigenvalue weighted by Gasteiger charge is -2.04. The summed E-state index contributed by atoms with van der Waals surface area (Å²) in [4.78, 5) is 6.49. The number of hydrogen-bond donors (Lipinski definition) is 0. The largest absolute Gasteiger partial charge is 0.287 e. The molecule has 2 heteroatoms. The predicted molar refractivity (Wildman–Crippen MR) is 51.9 cm³/mol. The standard InChI is InChI=1S/C10H12N2/c1-2-7-12-8-11-9-5-3-4-6-10(9)12/h3-6,8H,2,7H2,1H3/q+1. The molecule has 0 fully saturated rings. The van der Waals surface area contributed by atoms with Crippen molar-refractivity contribution in [1.29, 1.82) is 0 Å². The van der Waals surface area contributed by atoms with E-state index >= 15 is 0 Å². The van der Waals surface area contributed by atoms with Crippen LogP contribution in [0, 0.1) is 0 Å². The molecule has 0 N–H and O–H groups in total. The van der Waals surface area contributed by atoms with Crippen molar-refractivity contribution in [2.45, 2.75) is 13.3 Å². The second-order valence-corrected chi connectivity index (χ2v) is 2.93. The van der Waals surface area contributed by atoms with E-state index in [2.05, 4.69) is 28.9 Å². The molecule has 0 saturated carbocycles. The molecular formula is C10H12N2+. The number of fused-ring (bicyclic) bond motifs is 1. The highest BCUT2D eigenvalue weighted by Crippen LogP contribution is 2.26. The maximum atomic E-state index is 4.30. The Hall–Kier alpha value is -1.31. The molecular weight excluding hydrogens is 148 g/mol. The third-order valence-corrected chi connectivity index (χ3v) is 1.99. The van der Waals surface area contributed by atoms with Gasteiger partial charge in [-0.25, -0.2) is 4.90 Å². The SMILES string of the molecule is CCCN1C=[N+]c2ccccc21. The van der Waals surface area contributed by atoms with Crippen LogP contribution in [0.15, 0.2) is 24.3 Å². The molecule has 0 atom stereocenters. The van der Waals surface area contributed by atoms with Gasteiger partial charge < -0.3 is 0 Å². The molecule has 0 spiro atoms. The molecule has 0 aromatic heterocycles. The van der Waals surface area contributed by atoms with Crippen molar-refractivity contribution in [1.82, 2.24) is 4.99 Å². The molecule has 1 aliphatic rings. The summed E-state index contributed by atoms with van der Waals surface area (Å²) in [5, 5.41) is 0. The van der Waals surface area contributed by atoms with E-state index in [4.69, 9.17) is 0 Å². The van der Waals surface area contributed by atoms with E-state index in [9.17, 15) is 0 Å². The summed E-state index contributed by atoms with van der Waals surface area (Å²) in [6, 6.07) is 8.22. The van der Waals surface area contributed by atoms with Gasteiger partial charge in [0, 0.05) is 0 Å². The van der Waals surface area contributed by atoms with E-state index in [-0.39, 0.29) is 0 Å². The molecule has 1 aliphatic heterocycles. The maximum Gasteiger partial charge on any atom is 0.287 e. The van der Waals surface area contributed by atoms with Crippen LogP contribution in [0.2, 0.25) is 0 Å². The molecule has 1 radical (unpaired) electrons. The van der Waals surface area contributed by atoms with E-state index < -0.39 is 0 Å². The summed E-state index contributed by atoms with van der Waals surface area (Å²) in [5.41, 5.74) is 2.32. The maximum absolute atomic E-state index is 4.30. The number of benzene rings is 1. The molecule has 1 aromatic rings. The first-order chi connectivity index (χ1) is 5.92. The van der Waals surface area contributed by atoms with Gasteiger partial charge in [0.15, 0.2) is 5.69 Å². The minimum atomic E-state index is 1.06. The summed E-state index contributed by atoms with van der Waals surface area (Å²) < 4.78 is 0. The predicted octanol–water partition coefficient (Wildman–Crippen LogP) is 1.91. The van der Waals surface area contributed by atoms with Gasteiger partial charge in [-0.15, -0.1) is 0 Å². The highest BCUT2D eigenvalue weighted by atomic mass is 15.2. The van der Waals surface area contributed by atoms with Crippen LogP contribution in [0.25, 0.3) is 0 Å². The van der Waals surface area contributed by atoms with Crippen LogP contribution in [0.1, 0.15) is 13.3 Å². The van der Waals surface area contributed by atoms with E-state index in [1.54, 1.807) is 0 Å². The molecule has 61 valence electrons. The molecule has 0 bridgehead atoms. The molecule has 12 heavy (non-hydrogen) atoms. The number of nitrogens with zero attached hydrogens (tertiary/aromatic N) is 2. The van der Waals surface area contributed by atoms with Crippen molar-refractivity contribution < 1.29 is 0 Å². The average Bonchev–Trinajstić information content (AvgIpc) is 2.50. The fourth-order valence-electron chi connectivity index (χ4n) is 1.43. The fraction of sp³-hybridized carbons (Fsp3) is 0.300. The van der Waals surface area contributed by atoms with Crippen molar-refractivity contribution in [3.8, 4) is 0 Å². The molecule has 0 unspecified atom stereocenters. The Labute approximate surface area is 72.5 Å². The van der Waals surface area contributed by atoms with Crippen LogP contribution in [0.4, 0.5) is 11.4 Å². The van der Waals surface area contributed by atoms with Gasteiger partial charge in [-0.2, -0.15) is 0 Å². The zero-order valence-corrected chi connectivity index (χ0v) is 7.20. The van der Waals surface area contributed by atoms with E-state index in [1.807, 2.05) is 18.5 Å². The van der Waals surface area contributed by atoms with Gasteiger partial charge in [0.25, 0.3) is 6.34 Å². The molecule has 1 heterocycles. The zero-order valence-electron chi connectivity index (χ0n) is 7.20.